The summed E-state index contributed by atoms with van der Waals surface area (Å²) in [6.45, 7) is 0. The molecule has 154 valence electrons. The average molecular weight is 444 g/mol. The fraction of sp³-hybridized carbons (Fsp3) is 0.0952. The molecule has 0 saturated carbocycles. The second-order valence-corrected chi connectivity index (χ2v) is 7.00. The highest BCUT2D eigenvalue weighted by Gasteiger charge is 2.13. The van der Waals surface area contributed by atoms with Gasteiger partial charge >= 0.3 is 0 Å². The molecule has 0 spiro atoms. The van der Waals surface area contributed by atoms with Gasteiger partial charge in [0.15, 0.2) is 10.9 Å². The topological polar surface area (TPSA) is 92.6 Å². The Balaban J connectivity index is 1.63. The molecular formula is C21H18ClN3O4S. The van der Waals surface area contributed by atoms with Gasteiger partial charge in [0.05, 0.1) is 25.5 Å². The number of thiocarbonyl (C=S) groups is 1. The Bertz CT molecular complexity index is 1050. The molecule has 0 fully saturated rings. The van der Waals surface area contributed by atoms with E-state index in [1.165, 1.54) is 13.4 Å². The predicted molar refractivity (Wildman–Crippen MR) is 119 cm³/mol. The van der Waals surface area contributed by atoms with Crippen LogP contribution in [0.2, 0.25) is 5.02 Å². The molecule has 0 atom stereocenters. The lowest BCUT2D eigenvalue weighted by atomic mass is 10.1. The molecule has 7 nitrogen and oxygen atoms in total. The lowest BCUT2D eigenvalue weighted by Crippen LogP contribution is -2.35. The first-order chi connectivity index (χ1) is 14.4. The third-order valence-electron chi connectivity index (χ3n) is 3.98. The average Bonchev–Trinajstić information content (AvgIpc) is 3.25. The van der Waals surface area contributed by atoms with E-state index in [0.29, 0.717) is 22.1 Å². The van der Waals surface area contributed by atoms with E-state index in [1.54, 1.807) is 54.6 Å². The highest BCUT2D eigenvalue weighted by atomic mass is 35.5. The van der Waals surface area contributed by atoms with Crippen molar-refractivity contribution in [2.24, 2.45) is 0 Å². The molecule has 30 heavy (non-hydrogen) atoms. The maximum atomic E-state index is 12.2. The Labute approximate surface area is 183 Å². The van der Waals surface area contributed by atoms with Crippen molar-refractivity contribution < 1.29 is 18.7 Å². The maximum absolute atomic E-state index is 12.2. The molecule has 0 aliphatic rings. The lowest BCUT2D eigenvalue weighted by molar-refractivity contribution is -0.119. The van der Waals surface area contributed by atoms with Crippen LogP contribution in [0.4, 0.5) is 11.4 Å². The Morgan fingerprint density at radius 1 is 1.10 bits per heavy atom. The Hall–Kier alpha value is -3.36. The zero-order chi connectivity index (χ0) is 21.5. The number of nitrogens with one attached hydrogen (secondary N) is 3. The first-order valence-corrected chi connectivity index (χ1v) is 9.61. The number of hydrogen-bond acceptors (Lipinski definition) is 5. The maximum Gasteiger partial charge on any atom is 0.291 e. The van der Waals surface area contributed by atoms with E-state index in [4.69, 9.17) is 33.0 Å². The van der Waals surface area contributed by atoms with Gasteiger partial charge in [0.2, 0.25) is 5.91 Å². The van der Waals surface area contributed by atoms with Gasteiger partial charge in [-0.3, -0.25) is 9.59 Å². The van der Waals surface area contributed by atoms with Crippen LogP contribution in [0.15, 0.2) is 65.3 Å². The van der Waals surface area contributed by atoms with E-state index in [9.17, 15) is 9.59 Å². The molecule has 0 aliphatic heterocycles. The largest absolute Gasteiger partial charge is 0.495 e. The molecule has 0 bridgehead atoms. The number of anilines is 2. The van der Waals surface area contributed by atoms with Gasteiger partial charge in [-0.25, -0.2) is 0 Å². The van der Waals surface area contributed by atoms with Gasteiger partial charge in [0.25, 0.3) is 5.91 Å². The number of furan rings is 1. The van der Waals surface area contributed by atoms with Crippen molar-refractivity contribution in [3.05, 3.63) is 77.2 Å². The third-order valence-corrected chi connectivity index (χ3v) is 4.44. The fourth-order valence-electron chi connectivity index (χ4n) is 2.60. The SMILES string of the molecule is COc1ccc(NC(=O)c2ccco2)cc1NC(=S)NC(=O)Cc1ccc(Cl)cc1. The van der Waals surface area contributed by atoms with Crippen molar-refractivity contribution in [1.82, 2.24) is 5.32 Å². The second kappa shape index (κ2) is 9.91. The highest BCUT2D eigenvalue weighted by Crippen LogP contribution is 2.28. The monoisotopic (exact) mass is 443 g/mol. The summed E-state index contributed by atoms with van der Waals surface area (Å²) in [5.41, 5.74) is 1.78. The summed E-state index contributed by atoms with van der Waals surface area (Å²) in [5, 5.41) is 8.95. The molecule has 3 rings (SSSR count). The molecule has 1 heterocycles. The van der Waals surface area contributed by atoms with Crippen LogP contribution in [-0.4, -0.2) is 24.0 Å². The fourth-order valence-corrected chi connectivity index (χ4v) is 2.95. The van der Waals surface area contributed by atoms with Gasteiger partial charge in [-0.05, 0) is 60.2 Å². The summed E-state index contributed by atoms with van der Waals surface area (Å²) in [7, 11) is 1.50. The molecule has 0 saturated heterocycles. The summed E-state index contributed by atoms with van der Waals surface area (Å²) >= 11 is 11.1. The standard InChI is InChI=1S/C21H18ClN3O4S/c1-28-17-9-8-15(23-20(27)18-3-2-10-29-18)12-16(17)24-21(30)25-19(26)11-13-4-6-14(22)7-5-13/h2-10,12H,11H2,1H3,(H,23,27)(H2,24,25,26,30). The van der Waals surface area contributed by atoms with Gasteiger partial charge in [0, 0.05) is 10.7 Å². The smallest absolute Gasteiger partial charge is 0.291 e. The van der Waals surface area contributed by atoms with E-state index >= 15 is 0 Å². The van der Waals surface area contributed by atoms with Crippen molar-refractivity contribution in [2.45, 2.75) is 6.42 Å². The van der Waals surface area contributed by atoms with Gasteiger partial charge in [-0.2, -0.15) is 0 Å². The minimum atomic E-state index is -0.394. The van der Waals surface area contributed by atoms with Crippen LogP contribution in [0.25, 0.3) is 0 Å². The van der Waals surface area contributed by atoms with Crippen LogP contribution in [0.1, 0.15) is 16.1 Å². The van der Waals surface area contributed by atoms with Crippen LogP contribution in [0, 0.1) is 0 Å². The molecule has 2 aromatic carbocycles. The molecular weight excluding hydrogens is 426 g/mol. The van der Waals surface area contributed by atoms with E-state index < -0.39 is 5.91 Å². The molecule has 9 heteroatoms. The van der Waals surface area contributed by atoms with Crippen LogP contribution in [0.3, 0.4) is 0 Å². The molecule has 0 radical (unpaired) electrons. The third kappa shape index (κ3) is 5.82. The Kier molecular flexibility index (Phi) is 7.05. The second-order valence-electron chi connectivity index (χ2n) is 6.15. The Morgan fingerprint density at radius 3 is 2.53 bits per heavy atom. The zero-order valence-electron chi connectivity index (χ0n) is 15.9. The van der Waals surface area contributed by atoms with Crippen molar-refractivity contribution in [2.75, 3.05) is 17.7 Å². The summed E-state index contributed by atoms with van der Waals surface area (Å²) in [4.78, 5) is 24.4. The van der Waals surface area contributed by atoms with Gasteiger partial charge < -0.3 is 25.1 Å². The van der Waals surface area contributed by atoms with E-state index in [2.05, 4.69) is 16.0 Å². The first-order valence-electron chi connectivity index (χ1n) is 8.83. The van der Waals surface area contributed by atoms with Crippen LogP contribution in [-0.2, 0) is 11.2 Å². The van der Waals surface area contributed by atoms with Crippen LogP contribution in [0.5, 0.6) is 5.75 Å². The number of amides is 2. The quantitative estimate of drug-likeness (QED) is 0.493. The van der Waals surface area contributed by atoms with E-state index in [-0.39, 0.29) is 23.2 Å². The van der Waals surface area contributed by atoms with E-state index in [1.807, 2.05) is 0 Å². The normalized spacial score (nSPS) is 10.2. The van der Waals surface area contributed by atoms with Gasteiger partial charge in [0.1, 0.15) is 5.75 Å². The number of benzene rings is 2. The number of carbonyl (C=O) groups is 2. The minimum absolute atomic E-state index is 0.0989. The molecule has 2 amide bonds. The Morgan fingerprint density at radius 2 is 1.87 bits per heavy atom. The van der Waals surface area contributed by atoms with Crippen molar-refractivity contribution in [1.29, 1.82) is 0 Å². The summed E-state index contributed by atoms with van der Waals surface area (Å²) in [5.74, 6) is -0.00312. The summed E-state index contributed by atoms with van der Waals surface area (Å²) in [6.07, 6.45) is 1.57. The summed E-state index contributed by atoms with van der Waals surface area (Å²) < 4.78 is 10.4. The number of rotatable bonds is 6. The predicted octanol–water partition coefficient (Wildman–Crippen LogP) is 4.25. The first kappa shape index (κ1) is 21.4. The molecule has 1 aromatic heterocycles. The van der Waals surface area contributed by atoms with E-state index in [0.717, 1.165) is 5.56 Å². The molecule has 3 N–H and O–H groups in total. The minimum Gasteiger partial charge on any atom is -0.495 e. The van der Waals surface area contributed by atoms with Gasteiger partial charge in [-0.15, -0.1) is 0 Å². The molecule has 0 aliphatic carbocycles. The molecule has 0 unspecified atom stereocenters. The number of carbonyl (C=O) groups excluding carboxylic acids is 2. The number of hydrogen-bond donors (Lipinski definition) is 3. The van der Waals surface area contributed by atoms with Crippen molar-refractivity contribution in [3.8, 4) is 5.75 Å². The summed E-state index contributed by atoms with van der Waals surface area (Å²) in [6, 6.07) is 15.1. The molecule has 3 aromatic rings. The highest BCUT2D eigenvalue weighted by molar-refractivity contribution is 7.80. The number of halogens is 1. The zero-order valence-corrected chi connectivity index (χ0v) is 17.5. The van der Waals surface area contributed by atoms with Crippen molar-refractivity contribution in [3.63, 3.8) is 0 Å². The number of methoxy groups -OCH3 is 1. The lowest BCUT2D eigenvalue weighted by Gasteiger charge is -2.14. The van der Waals surface area contributed by atoms with Gasteiger partial charge in [-0.1, -0.05) is 23.7 Å². The number of ether oxygens (including phenoxy) is 1. The van der Waals surface area contributed by atoms with Crippen LogP contribution < -0.4 is 20.7 Å². The van der Waals surface area contributed by atoms with Crippen molar-refractivity contribution >= 4 is 52.1 Å². The van der Waals surface area contributed by atoms with Crippen LogP contribution >= 0.6 is 23.8 Å².